The molecule has 0 aliphatic heterocycles. The standard InChI is InChI=1S/C20H20N2O3S/c1-25-20(24)18-14-7-3-5-9-16(14)26-19(18)22-17(23)10-12-11-21-15-8-4-2-6-13(12)15/h2,4,6,8,11,21H,3,5,7,9-10H2,1H3,(H,22,23). The Morgan fingerprint density at radius 3 is 2.88 bits per heavy atom. The van der Waals surface area contributed by atoms with Crippen LogP contribution in [0.3, 0.4) is 0 Å². The van der Waals surface area contributed by atoms with Crippen molar-refractivity contribution in [2.45, 2.75) is 32.1 Å². The third kappa shape index (κ3) is 3.01. The molecule has 3 aromatic rings. The fourth-order valence-corrected chi connectivity index (χ4v) is 4.89. The number of ether oxygens (including phenoxy) is 1. The summed E-state index contributed by atoms with van der Waals surface area (Å²) in [6.45, 7) is 0. The number of carbonyl (C=O) groups is 2. The summed E-state index contributed by atoms with van der Waals surface area (Å²) in [4.78, 5) is 29.3. The van der Waals surface area contributed by atoms with E-state index >= 15 is 0 Å². The summed E-state index contributed by atoms with van der Waals surface area (Å²) >= 11 is 1.51. The molecular weight excluding hydrogens is 348 g/mol. The minimum atomic E-state index is -0.369. The first-order chi connectivity index (χ1) is 12.7. The topological polar surface area (TPSA) is 71.2 Å². The molecule has 0 radical (unpaired) electrons. The molecule has 6 heteroatoms. The monoisotopic (exact) mass is 368 g/mol. The van der Waals surface area contributed by atoms with Gasteiger partial charge in [-0.3, -0.25) is 4.79 Å². The average Bonchev–Trinajstić information content (AvgIpc) is 3.22. The number of H-pyrrole nitrogens is 1. The molecule has 26 heavy (non-hydrogen) atoms. The van der Waals surface area contributed by atoms with E-state index in [-0.39, 0.29) is 18.3 Å². The zero-order valence-corrected chi connectivity index (χ0v) is 15.4. The zero-order valence-electron chi connectivity index (χ0n) is 14.6. The van der Waals surface area contributed by atoms with E-state index in [1.165, 1.54) is 23.3 Å². The Morgan fingerprint density at radius 2 is 2.04 bits per heavy atom. The molecular formula is C20H20N2O3S. The number of thiophene rings is 1. The Hall–Kier alpha value is -2.60. The predicted molar refractivity (Wildman–Crippen MR) is 103 cm³/mol. The van der Waals surface area contributed by atoms with Crippen LogP contribution in [0.15, 0.2) is 30.5 Å². The first-order valence-corrected chi connectivity index (χ1v) is 9.56. The van der Waals surface area contributed by atoms with Crippen molar-refractivity contribution in [2.75, 3.05) is 12.4 Å². The van der Waals surface area contributed by atoms with Crippen molar-refractivity contribution in [3.63, 3.8) is 0 Å². The fraction of sp³-hybridized carbons (Fsp3) is 0.300. The van der Waals surface area contributed by atoms with Crippen LogP contribution < -0.4 is 5.32 Å². The SMILES string of the molecule is COC(=O)c1c(NC(=O)Cc2c[nH]c3ccccc23)sc2c1CCCC2. The number of methoxy groups -OCH3 is 1. The van der Waals surface area contributed by atoms with Crippen molar-refractivity contribution in [3.8, 4) is 0 Å². The lowest BCUT2D eigenvalue weighted by Crippen LogP contribution is -2.16. The lowest BCUT2D eigenvalue weighted by molar-refractivity contribution is -0.115. The number of aryl methyl sites for hydroxylation is 1. The summed E-state index contributed by atoms with van der Waals surface area (Å²) in [6.07, 6.45) is 6.14. The van der Waals surface area contributed by atoms with Crippen LogP contribution in [0.5, 0.6) is 0 Å². The van der Waals surface area contributed by atoms with Crippen LogP contribution in [0.1, 0.15) is 39.2 Å². The number of para-hydroxylation sites is 1. The maximum atomic E-state index is 12.6. The number of hydrogen-bond acceptors (Lipinski definition) is 4. The van der Waals surface area contributed by atoms with Gasteiger partial charge in [-0.1, -0.05) is 18.2 Å². The normalized spacial score (nSPS) is 13.4. The largest absolute Gasteiger partial charge is 0.465 e. The van der Waals surface area contributed by atoms with Gasteiger partial charge in [-0.15, -0.1) is 11.3 Å². The Balaban J connectivity index is 1.59. The third-order valence-corrected chi connectivity index (χ3v) is 6.05. The number of hydrogen-bond donors (Lipinski definition) is 2. The number of nitrogens with one attached hydrogen (secondary N) is 2. The van der Waals surface area contributed by atoms with Crippen molar-refractivity contribution in [1.29, 1.82) is 0 Å². The predicted octanol–water partition coefficient (Wildman–Crippen LogP) is 4.08. The van der Waals surface area contributed by atoms with Crippen LogP contribution in [-0.4, -0.2) is 24.0 Å². The lowest BCUT2D eigenvalue weighted by atomic mass is 9.95. The molecule has 2 heterocycles. The van der Waals surface area contributed by atoms with Crippen molar-refractivity contribution in [3.05, 3.63) is 52.0 Å². The Bertz CT molecular complexity index is 986. The Morgan fingerprint density at radius 1 is 1.23 bits per heavy atom. The van der Waals surface area contributed by atoms with Crippen LogP contribution in [0, 0.1) is 0 Å². The van der Waals surface area contributed by atoms with Crippen molar-refractivity contribution in [2.24, 2.45) is 0 Å². The van der Waals surface area contributed by atoms with Crippen LogP contribution in [-0.2, 0) is 28.8 Å². The van der Waals surface area contributed by atoms with Gasteiger partial charge in [0.1, 0.15) is 5.00 Å². The number of anilines is 1. The molecule has 0 unspecified atom stereocenters. The fourth-order valence-electron chi connectivity index (χ4n) is 3.59. The van der Waals surface area contributed by atoms with Crippen LogP contribution in [0.4, 0.5) is 5.00 Å². The molecule has 2 N–H and O–H groups in total. The minimum Gasteiger partial charge on any atom is -0.465 e. The van der Waals surface area contributed by atoms with E-state index in [2.05, 4.69) is 10.3 Å². The van der Waals surface area contributed by atoms with E-state index in [9.17, 15) is 9.59 Å². The third-order valence-electron chi connectivity index (χ3n) is 4.84. The van der Waals surface area contributed by atoms with Gasteiger partial charge >= 0.3 is 5.97 Å². The molecule has 4 rings (SSSR count). The number of amides is 1. The molecule has 134 valence electrons. The molecule has 1 aliphatic carbocycles. The first-order valence-electron chi connectivity index (χ1n) is 8.75. The van der Waals surface area contributed by atoms with E-state index in [0.717, 1.165) is 47.7 Å². The molecule has 0 saturated heterocycles. The molecule has 1 amide bonds. The number of benzene rings is 1. The maximum Gasteiger partial charge on any atom is 0.341 e. The second kappa shape index (κ2) is 6.96. The highest BCUT2D eigenvalue weighted by Crippen LogP contribution is 2.38. The summed E-state index contributed by atoms with van der Waals surface area (Å²) in [5.41, 5.74) is 3.55. The number of aromatic nitrogens is 1. The van der Waals surface area contributed by atoms with Gasteiger partial charge < -0.3 is 15.0 Å². The Kier molecular flexibility index (Phi) is 4.51. The molecule has 0 saturated carbocycles. The van der Waals surface area contributed by atoms with Crippen LogP contribution >= 0.6 is 11.3 Å². The van der Waals surface area contributed by atoms with Gasteiger partial charge in [-0.2, -0.15) is 0 Å². The van der Waals surface area contributed by atoms with E-state index in [1.807, 2.05) is 30.5 Å². The van der Waals surface area contributed by atoms with Crippen molar-refractivity contribution < 1.29 is 14.3 Å². The van der Waals surface area contributed by atoms with Gasteiger partial charge in [-0.25, -0.2) is 4.79 Å². The summed E-state index contributed by atoms with van der Waals surface area (Å²) in [5.74, 6) is -0.495. The van der Waals surface area contributed by atoms with Gasteiger partial charge in [0.25, 0.3) is 0 Å². The molecule has 1 aromatic carbocycles. The quantitative estimate of drug-likeness (QED) is 0.682. The second-order valence-electron chi connectivity index (χ2n) is 6.49. The number of aromatic amines is 1. The number of fused-ring (bicyclic) bond motifs is 2. The van der Waals surface area contributed by atoms with E-state index in [0.29, 0.717) is 10.6 Å². The number of rotatable bonds is 4. The highest BCUT2D eigenvalue weighted by molar-refractivity contribution is 7.17. The maximum absolute atomic E-state index is 12.6. The van der Waals surface area contributed by atoms with Gasteiger partial charge in [0.05, 0.1) is 19.1 Å². The highest BCUT2D eigenvalue weighted by Gasteiger charge is 2.27. The summed E-state index contributed by atoms with van der Waals surface area (Å²) < 4.78 is 4.96. The van der Waals surface area contributed by atoms with Gasteiger partial charge in [0, 0.05) is 22.0 Å². The molecule has 2 aromatic heterocycles. The Labute approximate surface area is 155 Å². The second-order valence-corrected chi connectivity index (χ2v) is 7.60. The summed E-state index contributed by atoms with van der Waals surface area (Å²) in [6, 6.07) is 7.90. The summed E-state index contributed by atoms with van der Waals surface area (Å²) in [5, 5.41) is 4.61. The lowest BCUT2D eigenvalue weighted by Gasteiger charge is -2.11. The molecule has 1 aliphatic rings. The summed E-state index contributed by atoms with van der Waals surface area (Å²) in [7, 11) is 1.38. The molecule has 5 nitrogen and oxygen atoms in total. The van der Waals surface area contributed by atoms with Crippen LogP contribution in [0.2, 0.25) is 0 Å². The van der Waals surface area contributed by atoms with Crippen LogP contribution in [0.25, 0.3) is 10.9 Å². The van der Waals surface area contributed by atoms with Gasteiger partial charge in [0.2, 0.25) is 5.91 Å². The smallest absolute Gasteiger partial charge is 0.341 e. The average molecular weight is 368 g/mol. The minimum absolute atomic E-state index is 0.126. The molecule has 0 atom stereocenters. The van der Waals surface area contributed by atoms with E-state index in [1.54, 1.807) is 0 Å². The number of carbonyl (C=O) groups excluding carboxylic acids is 2. The highest BCUT2D eigenvalue weighted by atomic mass is 32.1. The van der Waals surface area contributed by atoms with Gasteiger partial charge in [-0.05, 0) is 42.9 Å². The van der Waals surface area contributed by atoms with E-state index < -0.39 is 0 Å². The molecule has 0 bridgehead atoms. The number of esters is 1. The zero-order chi connectivity index (χ0) is 18.1. The molecule has 0 fully saturated rings. The van der Waals surface area contributed by atoms with Crippen molar-refractivity contribution >= 4 is 39.1 Å². The first kappa shape index (κ1) is 16.8. The van der Waals surface area contributed by atoms with Gasteiger partial charge in [0.15, 0.2) is 0 Å². The van der Waals surface area contributed by atoms with E-state index in [4.69, 9.17) is 4.74 Å². The van der Waals surface area contributed by atoms with Crippen molar-refractivity contribution in [1.82, 2.24) is 4.98 Å². The molecule has 0 spiro atoms.